The number of aromatic nitrogens is 1. The van der Waals surface area contributed by atoms with E-state index in [1.54, 1.807) is 6.26 Å². The minimum absolute atomic E-state index is 0.851. The summed E-state index contributed by atoms with van der Waals surface area (Å²) in [5, 5.41) is 4.66. The van der Waals surface area contributed by atoms with E-state index in [1.165, 1.54) is 10.9 Å². The molecule has 3 rings (SSSR count). The third-order valence-electron chi connectivity index (χ3n) is 3.18. The van der Waals surface area contributed by atoms with Gasteiger partial charge < -0.3 is 9.73 Å². The molecule has 1 N–H and O–H groups in total. The predicted octanol–water partition coefficient (Wildman–Crippen LogP) is 3.16. The van der Waals surface area contributed by atoms with Crippen molar-refractivity contribution in [2.45, 2.75) is 13.0 Å². The molecule has 1 aromatic carbocycles. The van der Waals surface area contributed by atoms with E-state index in [1.807, 2.05) is 30.5 Å². The second-order valence-corrected chi connectivity index (χ2v) is 4.49. The molecule has 0 radical (unpaired) electrons. The van der Waals surface area contributed by atoms with E-state index in [0.717, 1.165) is 30.8 Å². The molecule has 0 unspecified atom stereocenters. The first-order chi connectivity index (χ1) is 9.43. The summed E-state index contributed by atoms with van der Waals surface area (Å²) in [5.74, 6) is 1.02. The Labute approximate surface area is 112 Å². The van der Waals surface area contributed by atoms with E-state index >= 15 is 0 Å². The van der Waals surface area contributed by atoms with Crippen LogP contribution in [0.2, 0.25) is 0 Å². The largest absolute Gasteiger partial charge is 0.469 e. The van der Waals surface area contributed by atoms with Crippen molar-refractivity contribution in [2.75, 3.05) is 6.54 Å². The molecule has 2 heterocycles. The second-order valence-electron chi connectivity index (χ2n) is 4.49. The summed E-state index contributed by atoms with van der Waals surface area (Å²) >= 11 is 0. The number of benzene rings is 1. The van der Waals surface area contributed by atoms with Crippen LogP contribution in [0.1, 0.15) is 11.3 Å². The van der Waals surface area contributed by atoms with Crippen LogP contribution in [0.4, 0.5) is 0 Å². The summed E-state index contributed by atoms with van der Waals surface area (Å²) in [4.78, 5) is 4.37. The fraction of sp³-hybridized carbons (Fsp3) is 0.188. The summed E-state index contributed by atoms with van der Waals surface area (Å²) in [7, 11) is 0. The molecule has 2 aromatic heterocycles. The number of fused-ring (bicyclic) bond motifs is 1. The van der Waals surface area contributed by atoms with Gasteiger partial charge in [-0.25, -0.2) is 0 Å². The Morgan fingerprint density at radius 2 is 2.00 bits per heavy atom. The molecule has 0 bridgehead atoms. The van der Waals surface area contributed by atoms with Gasteiger partial charge in [0, 0.05) is 31.1 Å². The van der Waals surface area contributed by atoms with Gasteiger partial charge in [0.1, 0.15) is 5.76 Å². The van der Waals surface area contributed by atoms with E-state index < -0.39 is 0 Å². The molecule has 0 saturated carbocycles. The lowest BCUT2D eigenvalue weighted by Gasteiger charge is -2.07. The number of hydrogen-bond acceptors (Lipinski definition) is 3. The number of nitrogens with zero attached hydrogens (tertiary/aromatic N) is 1. The number of furan rings is 1. The highest BCUT2D eigenvalue weighted by Gasteiger charge is 2.01. The zero-order chi connectivity index (χ0) is 12.9. The van der Waals surface area contributed by atoms with Crippen LogP contribution >= 0.6 is 0 Å². The molecule has 96 valence electrons. The van der Waals surface area contributed by atoms with Gasteiger partial charge in [-0.05, 0) is 29.8 Å². The Balaban J connectivity index is 1.62. The normalized spacial score (nSPS) is 10.9. The fourth-order valence-electron chi connectivity index (χ4n) is 2.20. The third-order valence-corrected chi connectivity index (χ3v) is 3.18. The van der Waals surface area contributed by atoms with Crippen LogP contribution in [0.15, 0.2) is 59.3 Å². The van der Waals surface area contributed by atoms with Gasteiger partial charge in [0.25, 0.3) is 0 Å². The van der Waals surface area contributed by atoms with E-state index in [4.69, 9.17) is 4.42 Å². The Bertz CT molecular complexity index is 641. The number of hydrogen-bond donors (Lipinski definition) is 1. The lowest BCUT2D eigenvalue weighted by molar-refractivity contribution is 0.499. The summed E-state index contributed by atoms with van der Waals surface area (Å²) in [5.41, 5.74) is 2.33. The van der Waals surface area contributed by atoms with Crippen molar-refractivity contribution in [3.05, 3.63) is 66.2 Å². The lowest BCUT2D eigenvalue weighted by atomic mass is 10.1. The van der Waals surface area contributed by atoms with E-state index in [0.29, 0.717) is 0 Å². The maximum Gasteiger partial charge on any atom is 0.105 e. The Hall–Kier alpha value is -2.13. The average Bonchev–Trinajstić information content (AvgIpc) is 2.97. The molecule has 0 saturated heterocycles. The summed E-state index contributed by atoms with van der Waals surface area (Å²) in [6.07, 6.45) is 4.49. The van der Waals surface area contributed by atoms with E-state index in [-0.39, 0.29) is 0 Å². The van der Waals surface area contributed by atoms with Crippen molar-refractivity contribution in [3.63, 3.8) is 0 Å². The fourth-order valence-corrected chi connectivity index (χ4v) is 2.20. The predicted molar refractivity (Wildman–Crippen MR) is 75.9 cm³/mol. The number of nitrogens with one attached hydrogen (secondary N) is 1. The molecular formula is C16H16N2O. The van der Waals surface area contributed by atoms with Gasteiger partial charge in [0.15, 0.2) is 0 Å². The quantitative estimate of drug-likeness (QED) is 0.709. The first kappa shape index (κ1) is 11.9. The lowest BCUT2D eigenvalue weighted by Crippen LogP contribution is -2.16. The van der Waals surface area contributed by atoms with Gasteiger partial charge >= 0.3 is 0 Å². The highest BCUT2D eigenvalue weighted by molar-refractivity contribution is 5.81. The molecule has 0 aliphatic heterocycles. The maximum absolute atomic E-state index is 5.31. The number of rotatable bonds is 5. The highest BCUT2D eigenvalue weighted by atomic mass is 16.3. The molecule has 3 heteroatoms. The van der Waals surface area contributed by atoms with Gasteiger partial charge in [0.2, 0.25) is 0 Å². The van der Waals surface area contributed by atoms with Gasteiger partial charge in [0.05, 0.1) is 11.8 Å². The smallest absolute Gasteiger partial charge is 0.105 e. The number of para-hydroxylation sites is 1. The van der Waals surface area contributed by atoms with Crippen LogP contribution in [-0.4, -0.2) is 11.5 Å². The molecule has 3 nitrogen and oxygen atoms in total. The zero-order valence-corrected chi connectivity index (χ0v) is 10.7. The third kappa shape index (κ3) is 2.83. The molecule has 19 heavy (non-hydrogen) atoms. The highest BCUT2D eigenvalue weighted by Crippen LogP contribution is 2.15. The van der Waals surface area contributed by atoms with E-state index in [9.17, 15) is 0 Å². The molecule has 0 aliphatic carbocycles. The van der Waals surface area contributed by atoms with Crippen molar-refractivity contribution in [1.82, 2.24) is 10.3 Å². The second kappa shape index (κ2) is 5.67. The minimum Gasteiger partial charge on any atom is -0.469 e. The maximum atomic E-state index is 5.31. The zero-order valence-electron chi connectivity index (χ0n) is 10.7. The van der Waals surface area contributed by atoms with Crippen molar-refractivity contribution < 1.29 is 4.42 Å². The van der Waals surface area contributed by atoms with Gasteiger partial charge in [-0.15, -0.1) is 0 Å². The van der Waals surface area contributed by atoms with Crippen molar-refractivity contribution in [2.24, 2.45) is 0 Å². The first-order valence-corrected chi connectivity index (χ1v) is 6.49. The van der Waals surface area contributed by atoms with Crippen molar-refractivity contribution in [1.29, 1.82) is 0 Å². The Morgan fingerprint density at radius 3 is 2.89 bits per heavy atom. The molecule has 0 atom stereocenters. The molecular weight excluding hydrogens is 236 g/mol. The van der Waals surface area contributed by atoms with Crippen molar-refractivity contribution in [3.8, 4) is 0 Å². The molecule has 0 amide bonds. The Kier molecular flexibility index (Phi) is 3.56. The average molecular weight is 252 g/mol. The van der Waals surface area contributed by atoms with E-state index in [2.05, 4.69) is 28.5 Å². The summed E-state index contributed by atoms with van der Waals surface area (Å²) in [6.45, 7) is 1.76. The van der Waals surface area contributed by atoms with Gasteiger partial charge in [-0.3, -0.25) is 4.98 Å². The molecule has 3 aromatic rings. The minimum atomic E-state index is 0.851. The summed E-state index contributed by atoms with van der Waals surface area (Å²) in [6, 6.07) is 14.2. The molecule has 0 fully saturated rings. The topological polar surface area (TPSA) is 38.1 Å². The molecule has 0 aliphatic rings. The van der Waals surface area contributed by atoms with Gasteiger partial charge in [-0.2, -0.15) is 0 Å². The van der Waals surface area contributed by atoms with Crippen molar-refractivity contribution >= 4 is 10.9 Å². The van der Waals surface area contributed by atoms with Gasteiger partial charge in [-0.1, -0.05) is 18.2 Å². The Morgan fingerprint density at radius 1 is 1.05 bits per heavy atom. The molecule has 0 spiro atoms. The van der Waals surface area contributed by atoms with Crippen LogP contribution in [0, 0.1) is 0 Å². The monoisotopic (exact) mass is 252 g/mol. The first-order valence-electron chi connectivity index (χ1n) is 6.49. The van der Waals surface area contributed by atoms with Crippen LogP contribution < -0.4 is 5.32 Å². The SMILES string of the molecule is c1coc(CCNCc2ccnc3ccccc23)c1. The van der Waals surface area contributed by atoms with Crippen LogP contribution in [0.5, 0.6) is 0 Å². The van der Waals surface area contributed by atoms with Crippen LogP contribution in [0.3, 0.4) is 0 Å². The van der Waals surface area contributed by atoms with Crippen LogP contribution in [0.25, 0.3) is 10.9 Å². The summed E-state index contributed by atoms with van der Waals surface area (Å²) < 4.78 is 5.31. The number of pyridine rings is 1. The van der Waals surface area contributed by atoms with Crippen LogP contribution in [-0.2, 0) is 13.0 Å². The standard InChI is InChI=1S/C16H16N2O/c1-2-6-16-15(5-1)13(7-10-18-16)12-17-9-8-14-4-3-11-19-14/h1-7,10-11,17H,8-9,12H2.